The molecular weight excluding hydrogens is 192 g/mol. The first-order valence-corrected chi connectivity index (χ1v) is 5.38. The van der Waals surface area contributed by atoms with Crippen LogP contribution in [0.1, 0.15) is 36.2 Å². The largest absolute Gasteiger partial charge is 0.381 e. The molecule has 0 radical (unpaired) electrons. The van der Waals surface area contributed by atoms with Crippen molar-refractivity contribution in [3.8, 4) is 0 Å². The van der Waals surface area contributed by atoms with Gasteiger partial charge in [0.2, 0.25) is 0 Å². The van der Waals surface area contributed by atoms with Gasteiger partial charge in [-0.2, -0.15) is 5.10 Å². The number of aromatic nitrogens is 2. The summed E-state index contributed by atoms with van der Waals surface area (Å²) in [5.74, 6) is 0.609. The summed E-state index contributed by atoms with van der Waals surface area (Å²) in [6.07, 6.45) is 6.42. The van der Waals surface area contributed by atoms with E-state index >= 15 is 0 Å². The Morgan fingerprint density at radius 3 is 2.93 bits per heavy atom. The van der Waals surface area contributed by atoms with Gasteiger partial charge in [-0.15, -0.1) is 0 Å². The van der Waals surface area contributed by atoms with Crippen LogP contribution in [0.5, 0.6) is 0 Å². The fourth-order valence-electron chi connectivity index (χ4n) is 2.05. The lowest BCUT2D eigenvalue weighted by atomic mass is 9.93. The minimum Gasteiger partial charge on any atom is -0.381 e. The highest BCUT2D eigenvalue weighted by molar-refractivity contribution is 5.73. The van der Waals surface area contributed by atoms with E-state index in [1.807, 2.05) is 10.9 Å². The highest BCUT2D eigenvalue weighted by Gasteiger charge is 2.22. The molecule has 82 valence electrons. The first kappa shape index (κ1) is 10.4. The van der Waals surface area contributed by atoms with Crippen molar-refractivity contribution in [2.45, 2.75) is 25.8 Å². The topological polar surface area (TPSA) is 44.1 Å². The molecule has 2 rings (SSSR count). The monoisotopic (exact) mass is 208 g/mol. The Kier molecular flexibility index (Phi) is 3.16. The molecule has 4 heteroatoms. The van der Waals surface area contributed by atoms with Crippen LogP contribution in [0, 0.1) is 5.92 Å². The summed E-state index contributed by atoms with van der Waals surface area (Å²) in [6, 6.07) is 0.350. The van der Waals surface area contributed by atoms with Crippen molar-refractivity contribution in [2.24, 2.45) is 5.92 Å². The molecule has 0 amide bonds. The Bertz CT molecular complexity index is 329. The SMILES string of the molecule is CC(C1CCOCC1)n1cc(C=O)cn1. The van der Waals surface area contributed by atoms with Gasteiger partial charge in [0.25, 0.3) is 0 Å². The van der Waals surface area contributed by atoms with E-state index in [2.05, 4.69) is 12.0 Å². The zero-order chi connectivity index (χ0) is 10.7. The first-order valence-electron chi connectivity index (χ1n) is 5.38. The molecule has 0 saturated carbocycles. The van der Waals surface area contributed by atoms with E-state index in [-0.39, 0.29) is 0 Å². The van der Waals surface area contributed by atoms with Crippen LogP contribution in [-0.4, -0.2) is 29.3 Å². The quantitative estimate of drug-likeness (QED) is 0.710. The van der Waals surface area contributed by atoms with E-state index in [1.54, 1.807) is 6.20 Å². The van der Waals surface area contributed by atoms with Gasteiger partial charge in [-0.25, -0.2) is 0 Å². The minimum absolute atomic E-state index is 0.350. The highest BCUT2D eigenvalue weighted by atomic mass is 16.5. The predicted octanol–water partition coefficient (Wildman–Crippen LogP) is 1.68. The molecule has 1 aromatic heterocycles. The van der Waals surface area contributed by atoms with Crippen LogP contribution in [0.3, 0.4) is 0 Å². The van der Waals surface area contributed by atoms with E-state index in [9.17, 15) is 4.79 Å². The van der Waals surface area contributed by atoms with Gasteiger partial charge >= 0.3 is 0 Å². The molecule has 0 spiro atoms. The lowest BCUT2D eigenvalue weighted by Gasteiger charge is -2.27. The molecule has 15 heavy (non-hydrogen) atoms. The van der Waals surface area contributed by atoms with Crippen LogP contribution >= 0.6 is 0 Å². The second kappa shape index (κ2) is 4.57. The molecule has 0 aromatic carbocycles. The van der Waals surface area contributed by atoms with E-state index in [0.29, 0.717) is 17.5 Å². The van der Waals surface area contributed by atoms with E-state index in [0.717, 1.165) is 32.3 Å². The molecule has 2 heterocycles. The number of aldehydes is 1. The minimum atomic E-state index is 0.350. The fraction of sp³-hybridized carbons (Fsp3) is 0.636. The Morgan fingerprint density at radius 1 is 1.60 bits per heavy atom. The Labute approximate surface area is 89.2 Å². The number of carbonyl (C=O) groups excluding carboxylic acids is 1. The molecule has 0 bridgehead atoms. The lowest BCUT2D eigenvalue weighted by molar-refractivity contribution is 0.0495. The van der Waals surface area contributed by atoms with Gasteiger partial charge in [-0.05, 0) is 25.7 Å². The summed E-state index contributed by atoms with van der Waals surface area (Å²) in [6.45, 7) is 3.84. The number of hydrogen-bond donors (Lipinski definition) is 0. The Balaban J connectivity index is 2.05. The van der Waals surface area contributed by atoms with Crippen LogP contribution in [0.2, 0.25) is 0 Å². The molecule has 1 aliphatic heterocycles. The average molecular weight is 208 g/mol. The van der Waals surface area contributed by atoms with E-state index in [4.69, 9.17) is 4.74 Å². The van der Waals surface area contributed by atoms with Crippen molar-refractivity contribution in [1.29, 1.82) is 0 Å². The maximum Gasteiger partial charge on any atom is 0.153 e. The molecule has 1 aliphatic rings. The number of carbonyl (C=O) groups is 1. The molecule has 0 N–H and O–H groups in total. The zero-order valence-corrected chi connectivity index (χ0v) is 8.93. The first-order chi connectivity index (χ1) is 7.31. The summed E-state index contributed by atoms with van der Waals surface area (Å²) >= 11 is 0. The number of rotatable bonds is 3. The molecule has 1 aromatic rings. The third-order valence-electron chi connectivity index (χ3n) is 3.12. The van der Waals surface area contributed by atoms with Gasteiger partial charge in [-0.1, -0.05) is 0 Å². The smallest absolute Gasteiger partial charge is 0.153 e. The van der Waals surface area contributed by atoms with Gasteiger partial charge < -0.3 is 4.74 Å². The summed E-state index contributed by atoms with van der Waals surface area (Å²) in [5, 5.41) is 4.21. The van der Waals surface area contributed by atoms with E-state index in [1.165, 1.54) is 0 Å². The lowest BCUT2D eigenvalue weighted by Crippen LogP contribution is -2.24. The van der Waals surface area contributed by atoms with Crippen LogP contribution in [-0.2, 0) is 4.74 Å². The second-order valence-electron chi connectivity index (χ2n) is 4.06. The van der Waals surface area contributed by atoms with Gasteiger partial charge in [0.1, 0.15) is 0 Å². The number of ether oxygens (including phenoxy) is 1. The van der Waals surface area contributed by atoms with Crippen molar-refractivity contribution >= 4 is 6.29 Å². The summed E-state index contributed by atoms with van der Waals surface area (Å²) in [7, 11) is 0. The maximum atomic E-state index is 10.5. The standard InChI is InChI=1S/C11H16N2O2/c1-9(11-2-4-15-5-3-11)13-7-10(8-14)6-12-13/h6-9,11H,2-5H2,1H3. The average Bonchev–Trinajstić information content (AvgIpc) is 2.78. The van der Waals surface area contributed by atoms with Gasteiger partial charge in [0.05, 0.1) is 17.8 Å². The normalized spacial score (nSPS) is 20.1. The van der Waals surface area contributed by atoms with Gasteiger partial charge in [0.15, 0.2) is 6.29 Å². The summed E-state index contributed by atoms with van der Waals surface area (Å²) in [4.78, 5) is 10.5. The van der Waals surface area contributed by atoms with Crippen molar-refractivity contribution in [1.82, 2.24) is 9.78 Å². The third-order valence-corrected chi connectivity index (χ3v) is 3.12. The Hall–Kier alpha value is -1.16. The van der Waals surface area contributed by atoms with Crippen LogP contribution < -0.4 is 0 Å². The van der Waals surface area contributed by atoms with Crippen molar-refractivity contribution in [3.63, 3.8) is 0 Å². The van der Waals surface area contributed by atoms with Crippen molar-refractivity contribution < 1.29 is 9.53 Å². The number of hydrogen-bond acceptors (Lipinski definition) is 3. The fourth-order valence-corrected chi connectivity index (χ4v) is 2.05. The van der Waals surface area contributed by atoms with Crippen LogP contribution in [0.15, 0.2) is 12.4 Å². The highest BCUT2D eigenvalue weighted by Crippen LogP contribution is 2.26. The van der Waals surface area contributed by atoms with E-state index < -0.39 is 0 Å². The van der Waals surface area contributed by atoms with Crippen LogP contribution in [0.25, 0.3) is 0 Å². The molecule has 0 aliphatic carbocycles. The Morgan fingerprint density at radius 2 is 2.33 bits per heavy atom. The molecule has 4 nitrogen and oxygen atoms in total. The van der Waals surface area contributed by atoms with Gasteiger partial charge in [0, 0.05) is 19.4 Å². The second-order valence-corrected chi connectivity index (χ2v) is 4.06. The van der Waals surface area contributed by atoms with Gasteiger partial charge in [-0.3, -0.25) is 9.48 Å². The summed E-state index contributed by atoms with van der Waals surface area (Å²) < 4.78 is 7.21. The predicted molar refractivity (Wildman–Crippen MR) is 55.9 cm³/mol. The molecule has 1 unspecified atom stereocenters. The maximum absolute atomic E-state index is 10.5. The van der Waals surface area contributed by atoms with Crippen molar-refractivity contribution in [2.75, 3.05) is 13.2 Å². The molecule has 1 atom stereocenters. The van der Waals surface area contributed by atoms with Crippen molar-refractivity contribution in [3.05, 3.63) is 18.0 Å². The summed E-state index contributed by atoms with van der Waals surface area (Å²) in [5.41, 5.74) is 0.647. The van der Waals surface area contributed by atoms with Crippen LogP contribution in [0.4, 0.5) is 0 Å². The third kappa shape index (κ3) is 2.26. The molecule has 1 fully saturated rings. The number of nitrogens with zero attached hydrogens (tertiary/aromatic N) is 2. The molecular formula is C11H16N2O2. The zero-order valence-electron chi connectivity index (χ0n) is 8.93. The molecule has 1 saturated heterocycles.